The molecule has 2 aromatic carbocycles. The predicted molar refractivity (Wildman–Crippen MR) is 101 cm³/mol. The van der Waals surface area contributed by atoms with E-state index in [9.17, 15) is 4.79 Å². The highest BCUT2D eigenvalue weighted by Gasteiger charge is 2.32. The van der Waals surface area contributed by atoms with Crippen LogP contribution in [0.2, 0.25) is 0 Å². The number of oxazole rings is 1. The topological polar surface area (TPSA) is 46.3 Å². The molecule has 3 aromatic rings. The molecule has 0 aliphatic carbocycles. The van der Waals surface area contributed by atoms with Crippen LogP contribution < -0.4 is 0 Å². The van der Waals surface area contributed by atoms with Crippen LogP contribution in [-0.2, 0) is 6.42 Å². The van der Waals surface area contributed by atoms with E-state index in [0.717, 1.165) is 31.4 Å². The molecule has 132 valence electrons. The van der Waals surface area contributed by atoms with Gasteiger partial charge in [0.25, 0.3) is 5.91 Å². The Morgan fingerprint density at radius 2 is 1.81 bits per heavy atom. The van der Waals surface area contributed by atoms with Crippen LogP contribution in [0.15, 0.2) is 65.1 Å². The van der Waals surface area contributed by atoms with Crippen LogP contribution in [0.3, 0.4) is 0 Å². The Hall–Kier alpha value is -2.88. The third kappa shape index (κ3) is 3.27. The fraction of sp³-hybridized carbons (Fsp3) is 0.273. The van der Waals surface area contributed by atoms with Crippen LogP contribution in [0.5, 0.6) is 0 Å². The number of nitrogens with zero attached hydrogens (tertiary/aromatic N) is 2. The Morgan fingerprint density at radius 3 is 2.54 bits per heavy atom. The number of amides is 1. The first-order valence-corrected chi connectivity index (χ1v) is 9.10. The summed E-state index contributed by atoms with van der Waals surface area (Å²) in [7, 11) is 0. The highest BCUT2D eigenvalue weighted by atomic mass is 16.4. The zero-order valence-corrected chi connectivity index (χ0v) is 14.9. The Labute approximate surface area is 153 Å². The van der Waals surface area contributed by atoms with Gasteiger partial charge in [0.2, 0.25) is 5.89 Å². The van der Waals surface area contributed by atoms with E-state index in [1.165, 1.54) is 5.56 Å². The fourth-order valence-electron chi connectivity index (χ4n) is 3.64. The lowest BCUT2D eigenvalue weighted by Gasteiger charge is -2.24. The van der Waals surface area contributed by atoms with Crippen molar-refractivity contribution >= 4 is 5.91 Å². The number of carbonyl (C=O) groups excluding carboxylic acids is 1. The van der Waals surface area contributed by atoms with Crippen molar-refractivity contribution in [2.75, 3.05) is 6.54 Å². The van der Waals surface area contributed by atoms with Crippen molar-refractivity contribution in [1.82, 2.24) is 9.88 Å². The summed E-state index contributed by atoms with van der Waals surface area (Å²) in [6.07, 6.45) is 2.95. The van der Waals surface area contributed by atoms with Crippen molar-refractivity contribution in [3.8, 4) is 11.5 Å². The molecule has 1 saturated heterocycles. The molecular weight excluding hydrogens is 324 g/mol. The van der Waals surface area contributed by atoms with Crippen LogP contribution in [0, 0.1) is 6.92 Å². The molecule has 1 aliphatic rings. The monoisotopic (exact) mass is 346 g/mol. The number of hydrogen-bond acceptors (Lipinski definition) is 3. The highest BCUT2D eigenvalue weighted by molar-refractivity contribution is 5.94. The van der Waals surface area contributed by atoms with Gasteiger partial charge in [-0.15, -0.1) is 0 Å². The molecule has 0 spiro atoms. The van der Waals surface area contributed by atoms with Gasteiger partial charge in [-0.05, 0) is 43.9 Å². The summed E-state index contributed by atoms with van der Waals surface area (Å²) < 4.78 is 5.78. The van der Waals surface area contributed by atoms with Gasteiger partial charge in [0.1, 0.15) is 5.76 Å². The van der Waals surface area contributed by atoms with E-state index >= 15 is 0 Å². The first-order valence-electron chi connectivity index (χ1n) is 9.10. The molecule has 1 atom stereocenters. The second-order valence-electron chi connectivity index (χ2n) is 6.77. The van der Waals surface area contributed by atoms with Crippen LogP contribution in [0.25, 0.3) is 11.5 Å². The summed E-state index contributed by atoms with van der Waals surface area (Å²) in [4.78, 5) is 19.6. The minimum Gasteiger partial charge on any atom is -0.441 e. The van der Waals surface area contributed by atoms with Gasteiger partial charge in [-0.25, -0.2) is 4.98 Å². The van der Waals surface area contributed by atoms with Gasteiger partial charge in [-0.1, -0.05) is 48.5 Å². The van der Waals surface area contributed by atoms with Crippen molar-refractivity contribution in [3.05, 3.63) is 77.7 Å². The lowest BCUT2D eigenvalue weighted by Crippen LogP contribution is -2.37. The molecule has 1 unspecified atom stereocenters. The van der Waals surface area contributed by atoms with E-state index in [4.69, 9.17) is 4.42 Å². The van der Waals surface area contributed by atoms with E-state index in [1.807, 2.05) is 60.4 Å². The van der Waals surface area contributed by atoms with Crippen molar-refractivity contribution in [1.29, 1.82) is 0 Å². The summed E-state index contributed by atoms with van der Waals surface area (Å²) >= 11 is 0. The molecule has 1 aliphatic heterocycles. The molecule has 2 heterocycles. The van der Waals surface area contributed by atoms with E-state index in [2.05, 4.69) is 17.1 Å². The third-order valence-electron chi connectivity index (χ3n) is 4.97. The smallest absolute Gasteiger partial charge is 0.276 e. The van der Waals surface area contributed by atoms with Crippen molar-refractivity contribution in [2.45, 2.75) is 32.2 Å². The molecule has 4 nitrogen and oxygen atoms in total. The van der Waals surface area contributed by atoms with Gasteiger partial charge >= 0.3 is 0 Å². The molecule has 4 heteroatoms. The summed E-state index contributed by atoms with van der Waals surface area (Å²) in [5.41, 5.74) is 2.58. The van der Waals surface area contributed by atoms with Crippen LogP contribution in [0.4, 0.5) is 0 Å². The molecule has 1 amide bonds. The summed E-state index contributed by atoms with van der Waals surface area (Å²) in [6, 6.07) is 20.3. The van der Waals surface area contributed by atoms with Crippen LogP contribution >= 0.6 is 0 Å². The van der Waals surface area contributed by atoms with E-state index in [1.54, 1.807) is 0 Å². The molecule has 0 radical (unpaired) electrons. The molecule has 1 aromatic heterocycles. The van der Waals surface area contributed by atoms with Crippen molar-refractivity contribution in [3.63, 3.8) is 0 Å². The normalized spacial score (nSPS) is 16.8. The second-order valence-corrected chi connectivity index (χ2v) is 6.77. The van der Waals surface area contributed by atoms with E-state index < -0.39 is 0 Å². The maximum absolute atomic E-state index is 13.1. The van der Waals surface area contributed by atoms with Gasteiger partial charge in [0.05, 0.1) is 0 Å². The lowest BCUT2D eigenvalue weighted by molar-refractivity contribution is 0.0729. The van der Waals surface area contributed by atoms with Crippen molar-refractivity contribution < 1.29 is 9.21 Å². The number of likely N-dealkylation sites (tertiary alicyclic amines) is 1. The highest BCUT2D eigenvalue weighted by Crippen LogP contribution is 2.26. The standard InChI is InChI=1S/C22H22N2O2/c1-16-20(23-21(26-16)18-11-6-3-7-12-18)22(25)24-14-8-13-19(24)15-17-9-4-2-5-10-17/h2-7,9-12,19H,8,13-15H2,1H3. The lowest BCUT2D eigenvalue weighted by atomic mass is 10.0. The number of rotatable bonds is 4. The third-order valence-corrected chi connectivity index (χ3v) is 4.97. The Balaban J connectivity index is 1.56. The number of aromatic nitrogens is 1. The first-order chi connectivity index (χ1) is 12.7. The zero-order valence-electron chi connectivity index (χ0n) is 14.9. The molecule has 26 heavy (non-hydrogen) atoms. The maximum atomic E-state index is 13.1. The molecule has 0 saturated carbocycles. The van der Waals surface area contributed by atoms with Crippen molar-refractivity contribution in [2.24, 2.45) is 0 Å². The Kier molecular flexibility index (Phi) is 4.57. The predicted octanol–water partition coefficient (Wildman–Crippen LogP) is 4.50. The minimum absolute atomic E-state index is 0.0214. The van der Waals surface area contributed by atoms with Gasteiger partial charge in [-0.3, -0.25) is 4.79 Å². The zero-order chi connectivity index (χ0) is 17.9. The molecule has 0 N–H and O–H groups in total. The Morgan fingerprint density at radius 1 is 1.12 bits per heavy atom. The second kappa shape index (κ2) is 7.16. The average Bonchev–Trinajstić information content (AvgIpc) is 3.29. The first kappa shape index (κ1) is 16.6. The quantitative estimate of drug-likeness (QED) is 0.699. The van der Waals surface area contributed by atoms with E-state index in [0.29, 0.717) is 17.3 Å². The summed E-state index contributed by atoms with van der Waals surface area (Å²) in [6.45, 7) is 2.60. The van der Waals surface area contributed by atoms with E-state index in [-0.39, 0.29) is 11.9 Å². The van der Waals surface area contributed by atoms with Gasteiger partial charge < -0.3 is 9.32 Å². The SMILES string of the molecule is Cc1oc(-c2ccccc2)nc1C(=O)N1CCCC1Cc1ccccc1. The number of hydrogen-bond donors (Lipinski definition) is 0. The molecule has 4 rings (SSSR count). The fourth-order valence-corrected chi connectivity index (χ4v) is 3.64. The van der Waals surface area contributed by atoms with Crippen LogP contribution in [0.1, 0.15) is 34.7 Å². The number of carbonyl (C=O) groups is 1. The molecule has 1 fully saturated rings. The van der Waals surface area contributed by atoms with Gasteiger partial charge in [0, 0.05) is 18.2 Å². The summed E-state index contributed by atoms with van der Waals surface area (Å²) in [5, 5.41) is 0. The summed E-state index contributed by atoms with van der Waals surface area (Å²) in [5.74, 6) is 1.07. The molecular formula is C22H22N2O2. The minimum atomic E-state index is -0.0214. The van der Waals surface area contributed by atoms with Gasteiger partial charge in [-0.2, -0.15) is 0 Å². The molecule has 0 bridgehead atoms. The largest absolute Gasteiger partial charge is 0.441 e. The average molecular weight is 346 g/mol. The van der Waals surface area contributed by atoms with Gasteiger partial charge in [0.15, 0.2) is 5.69 Å². The van der Waals surface area contributed by atoms with Crippen LogP contribution in [-0.4, -0.2) is 28.4 Å². The number of benzene rings is 2. The number of aryl methyl sites for hydroxylation is 1. The Bertz CT molecular complexity index is 887. The maximum Gasteiger partial charge on any atom is 0.276 e.